The lowest BCUT2D eigenvalue weighted by molar-refractivity contribution is -0.0505. The maximum absolute atomic E-state index is 12.7. The number of alkyl halides is 2. The van der Waals surface area contributed by atoms with Crippen molar-refractivity contribution in [1.82, 2.24) is 10.6 Å². The first-order valence-corrected chi connectivity index (χ1v) is 10.2. The van der Waals surface area contributed by atoms with Gasteiger partial charge in [-0.2, -0.15) is 8.78 Å². The molecule has 0 unspecified atom stereocenters. The molecule has 0 atom stereocenters. The lowest BCUT2D eigenvalue weighted by Crippen LogP contribution is -2.43. The van der Waals surface area contributed by atoms with Crippen LogP contribution < -0.4 is 20.1 Å². The SMILES string of the molecule is CCOCCC1(CNC(=NC)NCc2ccc(OC)cc2OC(F)F)CCCC1. The number of aliphatic imine (C=N–C) groups is 1. The average Bonchev–Trinajstić information content (AvgIpc) is 3.17. The molecule has 0 aliphatic heterocycles. The third-order valence-corrected chi connectivity index (χ3v) is 5.44. The van der Waals surface area contributed by atoms with E-state index in [-0.39, 0.29) is 11.2 Å². The Labute approximate surface area is 172 Å². The van der Waals surface area contributed by atoms with Gasteiger partial charge >= 0.3 is 6.61 Å². The quantitative estimate of drug-likeness (QED) is 0.327. The Bertz CT molecular complexity index is 650. The van der Waals surface area contributed by atoms with Gasteiger partial charge in [0.1, 0.15) is 11.5 Å². The summed E-state index contributed by atoms with van der Waals surface area (Å²) in [6.45, 7) is 1.73. The van der Waals surface area contributed by atoms with Crippen LogP contribution in [0.4, 0.5) is 8.78 Å². The third-order valence-electron chi connectivity index (χ3n) is 5.44. The summed E-state index contributed by atoms with van der Waals surface area (Å²) in [5, 5.41) is 6.59. The number of rotatable bonds is 11. The Morgan fingerprint density at radius 2 is 2.00 bits per heavy atom. The smallest absolute Gasteiger partial charge is 0.387 e. The standard InChI is InChI=1S/C21H33F2N3O3/c1-4-28-12-11-21(9-5-6-10-21)15-26-20(24-2)25-14-16-7-8-17(27-3)13-18(16)29-19(22)23/h7-8,13,19H,4-6,9-12,14-15H2,1-3H3,(H2,24,25,26). The highest BCUT2D eigenvalue weighted by molar-refractivity contribution is 5.79. The van der Waals surface area contributed by atoms with Crippen LogP contribution in [0.15, 0.2) is 23.2 Å². The molecule has 0 amide bonds. The maximum atomic E-state index is 12.7. The minimum Gasteiger partial charge on any atom is -0.497 e. The van der Waals surface area contributed by atoms with Crippen molar-refractivity contribution in [3.05, 3.63) is 23.8 Å². The summed E-state index contributed by atoms with van der Waals surface area (Å²) in [5.74, 6) is 1.18. The Morgan fingerprint density at radius 1 is 1.24 bits per heavy atom. The van der Waals surface area contributed by atoms with Crippen molar-refractivity contribution in [3.8, 4) is 11.5 Å². The van der Waals surface area contributed by atoms with Gasteiger partial charge in [-0.3, -0.25) is 4.99 Å². The number of hydrogen-bond acceptors (Lipinski definition) is 4. The first-order valence-electron chi connectivity index (χ1n) is 10.2. The van der Waals surface area contributed by atoms with Crippen molar-refractivity contribution in [2.45, 2.75) is 52.2 Å². The lowest BCUT2D eigenvalue weighted by atomic mass is 9.83. The van der Waals surface area contributed by atoms with Crippen LogP contribution in [0.25, 0.3) is 0 Å². The minimum absolute atomic E-state index is 0.0891. The monoisotopic (exact) mass is 413 g/mol. The molecule has 1 aromatic rings. The summed E-state index contributed by atoms with van der Waals surface area (Å²) in [6.07, 6.45) is 5.85. The molecule has 0 bridgehead atoms. The van der Waals surface area contributed by atoms with E-state index in [0.717, 1.165) is 26.2 Å². The molecule has 6 nitrogen and oxygen atoms in total. The molecule has 2 rings (SSSR count). The molecule has 1 aliphatic rings. The molecule has 2 N–H and O–H groups in total. The summed E-state index contributed by atoms with van der Waals surface area (Å²) < 4.78 is 40.8. The number of nitrogens with one attached hydrogen (secondary N) is 2. The number of ether oxygens (including phenoxy) is 3. The van der Waals surface area contributed by atoms with Crippen LogP contribution >= 0.6 is 0 Å². The zero-order valence-corrected chi connectivity index (χ0v) is 17.6. The number of benzene rings is 1. The van der Waals surface area contributed by atoms with Gasteiger partial charge in [0.05, 0.1) is 7.11 Å². The van der Waals surface area contributed by atoms with E-state index in [1.165, 1.54) is 38.9 Å². The number of nitrogens with zero attached hydrogens (tertiary/aromatic N) is 1. The van der Waals surface area contributed by atoms with Crippen molar-refractivity contribution < 1.29 is 23.0 Å². The number of guanidine groups is 1. The topological polar surface area (TPSA) is 64.1 Å². The van der Waals surface area contributed by atoms with Gasteiger partial charge in [0.2, 0.25) is 0 Å². The van der Waals surface area contributed by atoms with E-state index >= 15 is 0 Å². The lowest BCUT2D eigenvalue weighted by Gasteiger charge is -2.30. The second kappa shape index (κ2) is 11.8. The predicted octanol–water partition coefficient (Wildman–Crippen LogP) is 3.95. The van der Waals surface area contributed by atoms with Crippen molar-refractivity contribution in [2.24, 2.45) is 10.4 Å². The van der Waals surface area contributed by atoms with Crippen LogP contribution in [0.2, 0.25) is 0 Å². The highest BCUT2D eigenvalue weighted by atomic mass is 19.3. The molecule has 1 saturated carbocycles. The van der Waals surface area contributed by atoms with E-state index < -0.39 is 6.61 Å². The Balaban J connectivity index is 1.94. The molecule has 29 heavy (non-hydrogen) atoms. The van der Waals surface area contributed by atoms with Gasteiger partial charge in [-0.1, -0.05) is 12.8 Å². The number of methoxy groups -OCH3 is 1. The van der Waals surface area contributed by atoms with E-state index in [2.05, 4.69) is 20.4 Å². The highest BCUT2D eigenvalue weighted by Crippen LogP contribution is 2.40. The summed E-state index contributed by atoms with van der Waals surface area (Å²) in [4.78, 5) is 4.27. The third kappa shape index (κ3) is 7.34. The van der Waals surface area contributed by atoms with Crippen LogP contribution in [0.5, 0.6) is 11.5 Å². The Morgan fingerprint density at radius 3 is 2.62 bits per heavy atom. The molecule has 0 aromatic heterocycles. The first kappa shape index (κ1) is 23.2. The van der Waals surface area contributed by atoms with E-state index in [1.807, 2.05) is 6.92 Å². The average molecular weight is 414 g/mol. The molecule has 1 fully saturated rings. The summed E-state index contributed by atoms with van der Waals surface area (Å²) >= 11 is 0. The molecule has 8 heteroatoms. The van der Waals surface area contributed by atoms with E-state index in [0.29, 0.717) is 23.8 Å². The predicted molar refractivity (Wildman–Crippen MR) is 110 cm³/mol. The van der Waals surface area contributed by atoms with Gasteiger partial charge in [-0.05, 0) is 43.7 Å². The fourth-order valence-electron chi connectivity index (χ4n) is 3.76. The second-order valence-corrected chi connectivity index (χ2v) is 7.29. The van der Waals surface area contributed by atoms with Crippen molar-refractivity contribution in [1.29, 1.82) is 0 Å². The maximum Gasteiger partial charge on any atom is 0.387 e. The van der Waals surface area contributed by atoms with Crippen LogP contribution in [-0.2, 0) is 11.3 Å². The van der Waals surface area contributed by atoms with Crippen LogP contribution in [-0.4, -0.2) is 46.5 Å². The van der Waals surface area contributed by atoms with Crippen molar-refractivity contribution in [2.75, 3.05) is 33.9 Å². The summed E-state index contributed by atoms with van der Waals surface area (Å²) in [6, 6.07) is 4.88. The van der Waals surface area contributed by atoms with E-state index in [1.54, 1.807) is 19.2 Å². The largest absolute Gasteiger partial charge is 0.497 e. The molecule has 0 saturated heterocycles. The zero-order valence-electron chi connectivity index (χ0n) is 17.6. The summed E-state index contributed by atoms with van der Waals surface area (Å²) in [7, 11) is 3.18. The number of halogens is 2. The molecule has 1 aromatic carbocycles. The zero-order chi connectivity index (χ0) is 21.1. The normalized spacial score (nSPS) is 16.1. The van der Waals surface area contributed by atoms with Gasteiger partial charge in [-0.15, -0.1) is 0 Å². The van der Waals surface area contributed by atoms with E-state index in [4.69, 9.17) is 9.47 Å². The molecule has 164 valence electrons. The highest BCUT2D eigenvalue weighted by Gasteiger charge is 2.33. The van der Waals surface area contributed by atoms with Crippen LogP contribution in [0, 0.1) is 5.41 Å². The van der Waals surface area contributed by atoms with Crippen molar-refractivity contribution >= 4 is 5.96 Å². The molecule has 0 spiro atoms. The van der Waals surface area contributed by atoms with Gasteiger partial charge < -0.3 is 24.8 Å². The molecule has 0 radical (unpaired) electrons. The fourth-order valence-corrected chi connectivity index (χ4v) is 3.76. The van der Waals surface area contributed by atoms with Crippen LogP contribution in [0.1, 0.15) is 44.6 Å². The molecular formula is C21H33F2N3O3. The Hall–Kier alpha value is -2.09. The van der Waals surface area contributed by atoms with Crippen LogP contribution in [0.3, 0.4) is 0 Å². The van der Waals surface area contributed by atoms with Gasteiger partial charge in [0.25, 0.3) is 0 Å². The Kier molecular flexibility index (Phi) is 9.44. The van der Waals surface area contributed by atoms with Crippen molar-refractivity contribution in [3.63, 3.8) is 0 Å². The van der Waals surface area contributed by atoms with Gasteiger partial charge in [0, 0.05) is 45.0 Å². The first-order chi connectivity index (χ1) is 14.0. The number of hydrogen-bond donors (Lipinski definition) is 2. The minimum atomic E-state index is -2.90. The molecular weight excluding hydrogens is 380 g/mol. The molecule has 1 aliphatic carbocycles. The second-order valence-electron chi connectivity index (χ2n) is 7.29. The van der Waals surface area contributed by atoms with Gasteiger partial charge in [0.15, 0.2) is 5.96 Å². The van der Waals surface area contributed by atoms with E-state index in [9.17, 15) is 8.78 Å². The van der Waals surface area contributed by atoms with Gasteiger partial charge in [-0.25, -0.2) is 0 Å². The summed E-state index contributed by atoms with van der Waals surface area (Å²) in [5.41, 5.74) is 0.817. The molecule has 0 heterocycles. The fraction of sp³-hybridized carbons (Fsp3) is 0.667.